The standard InChI is InChI=1S/C20H23N5O2/c1-3-4-10-21-19(26)15-6-5-7-16(11-15)25-18(14-8-9-14)12-17(24-25)20-23-22-13(2)27-20/h5-7,11-12,14H,3-4,8-10H2,1-2H3,(H,21,26). The molecule has 0 bridgehead atoms. The number of benzene rings is 1. The first-order chi connectivity index (χ1) is 13.2. The molecule has 1 aliphatic rings. The van der Waals surface area contributed by atoms with Gasteiger partial charge in [-0.05, 0) is 43.5 Å². The molecule has 4 rings (SSSR count). The fourth-order valence-electron chi connectivity index (χ4n) is 3.04. The van der Waals surface area contributed by atoms with Gasteiger partial charge in [0.1, 0.15) is 5.69 Å². The predicted octanol–water partition coefficient (Wildman–Crippen LogP) is 3.64. The second kappa shape index (κ2) is 7.34. The van der Waals surface area contributed by atoms with Crippen LogP contribution in [0.15, 0.2) is 34.7 Å². The molecule has 0 saturated heterocycles. The zero-order valence-corrected chi connectivity index (χ0v) is 15.6. The molecule has 2 heterocycles. The van der Waals surface area contributed by atoms with Crippen molar-refractivity contribution < 1.29 is 9.21 Å². The molecule has 140 valence electrons. The zero-order valence-electron chi connectivity index (χ0n) is 15.6. The van der Waals surface area contributed by atoms with Gasteiger partial charge in [0.15, 0.2) is 0 Å². The Morgan fingerprint density at radius 2 is 2.15 bits per heavy atom. The number of hydrogen-bond acceptors (Lipinski definition) is 5. The molecule has 1 aromatic carbocycles. The highest BCUT2D eigenvalue weighted by molar-refractivity contribution is 5.94. The van der Waals surface area contributed by atoms with Crippen LogP contribution in [-0.2, 0) is 0 Å². The summed E-state index contributed by atoms with van der Waals surface area (Å²) in [5, 5.41) is 15.6. The molecule has 1 aliphatic carbocycles. The van der Waals surface area contributed by atoms with Crippen molar-refractivity contribution >= 4 is 5.91 Å². The summed E-state index contributed by atoms with van der Waals surface area (Å²) in [6, 6.07) is 9.57. The topological polar surface area (TPSA) is 85.8 Å². The van der Waals surface area contributed by atoms with E-state index in [0.717, 1.165) is 37.1 Å². The van der Waals surface area contributed by atoms with Crippen LogP contribution in [0.5, 0.6) is 0 Å². The maximum Gasteiger partial charge on any atom is 0.268 e. The Hall–Kier alpha value is -2.96. The fraction of sp³-hybridized carbons (Fsp3) is 0.400. The van der Waals surface area contributed by atoms with Crippen LogP contribution < -0.4 is 5.32 Å². The molecule has 27 heavy (non-hydrogen) atoms. The number of aromatic nitrogens is 4. The van der Waals surface area contributed by atoms with Crippen molar-refractivity contribution in [3.8, 4) is 17.3 Å². The van der Waals surface area contributed by atoms with Crippen molar-refractivity contribution in [2.75, 3.05) is 6.54 Å². The average molecular weight is 365 g/mol. The summed E-state index contributed by atoms with van der Waals surface area (Å²) < 4.78 is 7.43. The third kappa shape index (κ3) is 3.77. The van der Waals surface area contributed by atoms with E-state index in [-0.39, 0.29) is 5.91 Å². The van der Waals surface area contributed by atoms with Crippen molar-refractivity contribution in [3.63, 3.8) is 0 Å². The van der Waals surface area contributed by atoms with Crippen LogP contribution in [0.1, 0.15) is 60.5 Å². The van der Waals surface area contributed by atoms with Crippen LogP contribution in [0.25, 0.3) is 17.3 Å². The Bertz CT molecular complexity index is 955. The number of rotatable bonds is 7. The Morgan fingerprint density at radius 3 is 2.85 bits per heavy atom. The maximum atomic E-state index is 12.4. The first kappa shape index (κ1) is 17.5. The highest BCUT2D eigenvalue weighted by atomic mass is 16.4. The summed E-state index contributed by atoms with van der Waals surface area (Å²) in [6.07, 6.45) is 4.32. The van der Waals surface area contributed by atoms with E-state index in [0.29, 0.717) is 35.5 Å². The molecule has 7 heteroatoms. The third-order valence-electron chi connectivity index (χ3n) is 4.65. The van der Waals surface area contributed by atoms with Gasteiger partial charge in [-0.3, -0.25) is 4.79 Å². The minimum absolute atomic E-state index is 0.0572. The van der Waals surface area contributed by atoms with Gasteiger partial charge in [0.05, 0.1) is 5.69 Å². The summed E-state index contributed by atoms with van der Waals surface area (Å²) in [5.74, 6) is 1.36. The largest absolute Gasteiger partial charge is 0.420 e. The quantitative estimate of drug-likeness (QED) is 0.646. The van der Waals surface area contributed by atoms with Gasteiger partial charge in [0.25, 0.3) is 11.8 Å². The van der Waals surface area contributed by atoms with E-state index in [1.807, 2.05) is 35.0 Å². The smallest absolute Gasteiger partial charge is 0.268 e. The number of nitrogens with one attached hydrogen (secondary N) is 1. The molecule has 3 aromatic rings. The summed E-state index contributed by atoms with van der Waals surface area (Å²) in [6.45, 7) is 4.55. The monoisotopic (exact) mass is 365 g/mol. The first-order valence-electron chi connectivity index (χ1n) is 9.44. The molecular weight excluding hydrogens is 342 g/mol. The number of hydrogen-bond donors (Lipinski definition) is 1. The summed E-state index contributed by atoms with van der Waals surface area (Å²) in [4.78, 5) is 12.4. The van der Waals surface area contributed by atoms with Crippen molar-refractivity contribution in [3.05, 3.63) is 47.5 Å². The fourth-order valence-corrected chi connectivity index (χ4v) is 3.04. The predicted molar refractivity (Wildman–Crippen MR) is 101 cm³/mol. The van der Waals surface area contributed by atoms with E-state index in [9.17, 15) is 4.79 Å². The van der Waals surface area contributed by atoms with E-state index in [2.05, 4.69) is 27.5 Å². The molecule has 1 N–H and O–H groups in total. The lowest BCUT2D eigenvalue weighted by atomic mass is 10.1. The second-order valence-electron chi connectivity index (χ2n) is 6.93. The Labute approximate surface area is 157 Å². The lowest BCUT2D eigenvalue weighted by molar-refractivity contribution is 0.0953. The molecule has 0 atom stereocenters. The highest BCUT2D eigenvalue weighted by Crippen LogP contribution is 2.42. The summed E-state index contributed by atoms with van der Waals surface area (Å²) in [5.41, 5.74) is 3.28. The number of nitrogens with zero attached hydrogens (tertiary/aromatic N) is 4. The lowest BCUT2D eigenvalue weighted by Gasteiger charge is -2.09. The van der Waals surface area contributed by atoms with Crippen LogP contribution in [0, 0.1) is 6.92 Å². The molecule has 0 spiro atoms. The van der Waals surface area contributed by atoms with Crippen molar-refractivity contribution in [1.82, 2.24) is 25.3 Å². The number of carbonyl (C=O) groups is 1. The number of carbonyl (C=O) groups excluding carboxylic acids is 1. The molecule has 0 unspecified atom stereocenters. The molecule has 7 nitrogen and oxygen atoms in total. The van der Waals surface area contributed by atoms with Crippen molar-refractivity contribution in [2.24, 2.45) is 0 Å². The number of aryl methyl sites for hydroxylation is 1. The van der Waals surface area contributed by atoms with Gasteiger partial charge in [-0.1, -0.05) is 19.4 Å². The zero-order chi connectivity index (χ0) is 18.8. The number of amides is 1. The summed E-state index contributed by atoms with van der Waals surface area (Å²) in [7, 11) is 0. The lowest BCUT2D eigenvalue weighted by Crippen LogP contribution is -2.24. The van der Waals surface area contributed by atoms with Gasteiger partial charge in [-0.15, -0.1) is 10.2 Å². The van der Waals surface area contributed by atoms with E-state index in [4.69, 9.17) is 4.42 Å². The number of unbranched alkanes of at least 4 members (excludes halogenated alkanes) is 1. The Kier molecular flexibility index (Phi) is 4.75. The Morgan fingerprint density at radius 1 is 1.30 bits per heavy atom. The van der Waals surface area contributed by atoms with E-state index in [1.165, 1.54) is 0 Å². The molecule has 1 saturated carbocycles. The van der Waals surface area contributed by atoms with E-state index < -0.39 is 0 Å². The molecule has 1 fully saturated rings. The highest BCUT2D eigenvalue weighted by Gasteiger charge is 2.30. The molecule has 0 radical (unpaired) electrons. The SMILES string of the molecule is CCCCNC(=O)c1cccc(-n2nc(-c3nnc(C)o3)cc2C2CC2)c1. The Balaban J connectivity index is 1.65. The minimum Gasteiger partial charge on any atom is -0.420 e. The molecule has 2 aromatic heterocycles. The van der Waals surface area contributed by atoms with Gasteiger partial charge < -0.3 is 9.73 Å². The van der Waals surface area contributed by atoms with Gasteiger partial charge in [-0.2, -0.15) is 5.10 Å². The second-order valence-corrected chi connectivity index (χ2v) is 6.93. The van der Waals surface area contributed by atoms with Crippen molar-refractivity contribution in [1.29, 1.82) is 0 Å². The van der Waals surface area contributed by atoms with Crippen LogP contribution in [0.2, 0.25) is 0 Å². The first-order valence-corrected chi connectivity index (χ1v) is 9.44. The van der Waals surface area contributed by atoms with Crippen molar-refractivity contribution in [2.45, 2.75) is 45.4 Å². The van der Waals surface area contributed by atoms with Gasteiger partial charge >= 0.3 is 0 Å². The van der Waals surface area contributed by atoms with Crippen LogP contribution >= 0.6 is 0 Å². The molecule has 1 amide bonds. The molecule has 0 aliphatic heterocycles. The summed E-state index contributed by atoms with van der Waals surface area (Å²) >= 11 is 0. The van der Waals surface area contributed by atoms with Gasteiger partial charge in [0, 0.05) is 30.6 Å². The molecular formula is C20H23N5O2. The van der Waals surface area contributed by atoms with E-state index >= 15 is 0 Å². The normalized spacial score (nSPS) is 13.7. The minimum atomic E-state index is -0.0572. The van der Waals surface area contributed by atoms with E-state index in [1.54, 1.807) is 6.92 Å². The average Bonchev–Trinajstić information content (AvgIpc) is 3.28. The maximum absolute atomic E-state index is 12.4. The third-order valence-corrected chi connectivity index (χ3v) is 4.65. The van der Waals surface area contributed by atoms with Crippen LogP contribution in [-0.4, -0.2) is 32.4 Å². The van der Waals surface area contributed by atoms with Gasteiger partial charge in [0.2, 0.25) is 5.89 Å². The van der Waals surface area contributed by atoms with Crippen LogP contribution in [0.4, 0.5) is 0 Å². The van der Waals surface area contributed by atoms with Gasteiger partial charge in [-0.25, -0.2) is 4.68 Å². The van der Waals surface area contributed by atoms with Crippen LogP contribution in [0.3, 0.4) is 0 Å².